The van der Waals surface area contributed by atoms with Gasteiger partial charge in [0, 0.05) is 16.6 Å². The first-order valence-corrected chi connectivity index (χ1v) is 5.56. The van der Waals surface area contributed by atoms with Crippen LogP contribution in [0.1, 0.15) is 18.1 Å². The number of carbonyl (C=O) groups excluding carboxylic acids is 1. The lowest BCUT2D eigenvalue weighted by molar-refractivity contribution is -0.116. The van der Waals surface area contributed by atoms with Gasteiger partial charge in [0.05, 0.1) is 0 Å². The van der Waals surface area contributed by atoms with Gasteiger partial charge in [0.15, 0.2) is 0 Å². The molecule has 0 saturated heterocycles. The summed E-state index contributed by atoms with van der Waals surface area (Å²) >= 11 is 7.69. The number of benzene rings is 1. The van der Waals surface area contributed by atoms with E-state index in [1.807, 2.05) is 18.2 Å². The summed E-state index contributed by atoms with van der Waals surface area (Å²) in [4.78, 5) is 11.8. The smallest absolute Gasteiger partial charge is 0.134 e. The zero-order valence-electron chi connectivity index (χ0n) is 7.38. The second-order valence-corrected chi connectivity index (χ2v) is 4.02. The first-order chi connectivity index (χ1) is 6.13. The Morgan fingerprint density at radius 2 is 2.23 bits per heavy atom. The van der Waals surface area contributed by atoms with Crippen LogP contribution in [0.3, 0.4) is 0 Å². The van der Waals surface area contributed by atoms with E-state index in [0.29, 0.717) is 6.42 Å². The Bertz CT molecular complexity index is 323. The minimum Gasteiger partial charge on any atom is -0.300 e. The Hall–Kier alpha value is -0.280. The van der Waals surface area contributed by atoms with Crippen molar-refractivity contribution in [2.75, 3.05) is 0 Å². The van der Waals surface area contributed by atoms with Crippen LogP contribution in [0, 0.1) is 0 Å². The maximum absolute atomic E-state index is 10.9. The Balaban J connectivity index is 2.91. The van der Waals surface area contributed by atoms with Crippen LogP contribution in [-0.4, -0.2) is 5.78 Å². The summed E-state index contributed by atoms with van der Waals surface area (Å²) in [5.74, 6) is 0.168. The molecule has 13 heavy (non-hydrogen) atoms. The highest BCUT2D eigenvalue weighted by Gasteiger charge is 2.02. The molecule has 1 nitrogen and oxygen atoms in total. The van der Waals surface area contributed by atoms with E-state index in [-0.39, 0.29) is 5.78 Å². The molecule has 1 aromatic carbocycles. The average molecular weight is 259 g/mol. The minimum atomic E-state index is 0.168. The van der Waals surface area contributed by atoms with E-state index in [1.165, 1.54) is 5.56 Å². The fraction of sp³-hybridized carbons (Fsp3) is 0.300. The molecular formula is C10H11BrOS. The van der Waals surface area contributed by atoms with E-state index in [0.717, 1.165) is 15.8 Å². The summed E-state index contributed by atoms with van der Waals surface area (Å²) in [6, 6.07) is 5.95. The average Bonchev–Trinajstić information content (AvgIpc) is 2.08. The van der Waals surface area contributed by atoms with Crippen LogP contribution in [0.5, 0.6) is 0 Å². The summed E-state index contributed by atoms with van der Waals surface area (Å²) in [6.45, 7) is 1.59. The number of hydrogen-bond acceptors (Lipinski definition) is 2. The highest BCUT2D eigenvalue weighted by molar-refractivity contribution is 9.08. The van der Waals surface area contributed by atoms with Crippen LogP contribution < -0.4 is 0 Å². The van der Waals surface area contributed by atoms with Crippen molar-refractivity contribution in [3.63, 3.8) is 0 Å². The van der Waals surface area contributed by atoms with Gasteiger partial charge in [0.2, 0.25) is 0 Å². The van der Waals surface area contributed by atoms with Gasteiger partial charge < -0.3 is 0 Å². The van der Waals surface area contributed by atoms with Crippen molar-refractivity contribution in [3.8, 4) is 0 Å². The minimum absolute atomic E-state index is 0.168. The van der Waals surface area contributed by atoms with Crippen molar-refractivity contribution in [2.45, 2.75) is 23.6 Å². The number of thiol groups is 1. The van der Waals surface area contributed by atoms with Gasteiger partial charge in [-0.05, 0) is 24.1 Å². The van der Waals surface area contributed by atoms with Crippen molar-refractivity contribution in [2.24, 2.45) is 0 Å². The van der Waals surface area contributed by atoms with Crippen molar-refractivity contribution < 1.29 is 4.79 Å². The van der Waals surface area contributed by atoms with Crippen molar-refractivity contribution in [1.82, 2.24) is 0 Å². The van der Waals surface area contributed by atoms with Crippen LogP contribution >= 0.6 is 28.6 Å². The van der Waals surface area contributed by atoms with Crippen molar-refractivity contribution >= 4 is 34.3 Å². The Morgan fingerprint density at radius 3 is 2.69 bits per heavy atom. The fourth-order valence-electron chi connectivity index (χ4n) is 1.11. The molecule has 0 fully saturated rings. The number of Topliss-reactive ketones (excluding diaryl/α,β-unsaturated/α-hetero) is 1. The largest absolute Gasteiger partial charge is 0.300 e. The number of ketones is 1. The molecule has 1 rings (SSSR count). The summed E-state index contributed by atoms with van der Waals surface area (Å²) in [5, 5.41) is 0.820. The van der Waals surface area contributed by atoms with Gasteiger partial charge in [-0.2, -0.15) is 0 Å². The van der Waals surface area contributed by atoms with Crippen molar-refractivity contribution in [3.05, 3.63) is 29.3 Å². The fourth-order valence-corrected chi connectivity index (χ4v) is 1.78. The summed E-state index contributed by atoms with van der Waals surface area (Å²) < 4.78 is 0. The topological polar surface area (TPSA) is 17.1 Å². The third-order valence-electron chi connectivity index (χ3n) is 1.74. The van der Waals surface area contributed by atoms with Gasteiger partial charge in [-0.3, -0.25) is 4.79 Å². The second-order valence-electron chi connectivity index (χ2n) is 2.98. The molecule has 3 heteroatoms. The van der Waals surface area contributed by atoms with Crippen LogP contribution in [-0.2, 0) is 16.5 Å². The lowest BCUT2D eigenvalue weighted by Crippen LogP contribution is -1.97. The second kappa shape index (κ2) is 4.82. The zero-order valence-corrected chi connectivity index (χ0v) is 9.86. The van der Waals surface area contributed by atoms with E-state index in [2.05, 4.69) is 28.6 Å². The first-order valence-electron chi connectivity index (χ1n) is 3.99. The molecule has 0 bridgehead atoms. The number of rotatable bonds is 3. The Kier molecular flexibility index (Phi) is 4.00. The molecule has 0 aromatic heterocycles. The normalized spacial score (nSPS) is 10.1. The van der Waals surface area contributed by atoms with E-state index in [9.17, 15) is 4.79 Å². The van der Waals surface area contributed by atoms with Gasteiger partial charge >= 0.3 is 0 Å². The van der Waals surface area contributed by atoms with Crippen LogP contribution in [0.2, 0.25) is 0 Å². The predicted octanol–water partition coefficient (Wildman–Crippen LogP) is 3.00. The maximum Gasteiger partial charge on any atom is 0.134 e. The summed E-state index contributed by atoms with van der Waals surface area (Å²) in [5.41, 5.74) is 2.18. The van der Waals surface area contributed by atoms with E-state index in [4.69, 9.17) is 0 Å². The lowest BCUT2D eigenvalue weighted by atomic mass is 10.1. The van der Waals surface area contributed by atoms with Gasteiger partial charge in [0.1, 0.15) is 5.78 Å². The summed E-state index contributed by atoms with van der Waals surface area (Å²) in [7, 11) is 0. The van der Waals surface area contributed by atoms with E-state index in [1.54, 1.807) is 6.92 Å². The van der Waals surface area contributed by atoms with Gasteiger partial charge in [0.25, 0.3) is 0 Å². The Labute approximate surface area is 92.1 Å². The molecule has 0 heterocycles. The first kappa shape index (κ1) is 10.8. The highest BCUT2D eigenvalue weighted by Crippen LogP contribution is 2.18. The quantitative estimate of drug-likeness (QED) is 0.652. The van der Waals surface area contributed by atoms with Crippen LogP contribution in [0.4, 0.5) is 0 Å². The van der Waals surface area contributed by atoms with E-state index >= 15 is 0 Å². The third-order valence-corrected chi connectivity index (χ3v) is 2.81. The predicted molar refractivity (Wildman–Crippen MR) is 60.7 cm³/mol. The zero-order chi connectivity index (χ0) is 9.84. The number of hydrogen-bond donors (Lipinski definition) is 1. The monoisotopic (exact) mass is 258 g/mol. The lowest BCUT2D eigenvalue weighted by Gasteiger charge is -2.04. The van der Waals surface area contributed by atoms with Gasteiger partial charge in [-0.15, -0.1) is 12.6 Å². The SMILES string of the molecule is CC(=O)Cc1ccc(CBr)cc1S. The molecular weight excluding hydrogens is 248 g/mol. The molecule has 0 amide bonds. The number of carbonyl (C=O) groups is 1. The highest BCUT2D eigenvalue weighted by atomic mass is 79.9. The number of alkyl halides is 1. The molecule has 0 saturated carbocycles. The molecule has 0 aliphatic heterocycles. The Morgan fingerprint density at radius 1 is 1.54 bits per heavy atom. The molecule has 0 radical (unpaired) electrons. The third kappa shape index (κ3) is 3.16. The van der Waals surface area contributed by atoms with Gasteiger partial charge in [-0.1, -0.05) is 28.1 Å². The molecule has 0 atom stereocenters. The molecule has 70 valence electrons. The number of halogens is 1. The molecule has 0 aliphatic rings. The molecule has 1 aromatic rings. The van der Waals surface area contributed by atoms with Crippen molar-refractivity contribution in [1.29, 1.82) is 0 Å². The standard InChI is InChI=1S/C10H11BrOS/c1-7(12)4-9-3-2-8(6-11)5-10(9)13/h2-3,5,13H,4,6H2,1H3. The van der Waals surface area contributed by atoms with Crippen LogP contribution in [0.15, 0.2) is 23.1 Å². The summed E-state index contributed by atoms with van der Waals surface area (Å²) in [6.07, 6.45) is 0.474. The molecule has 0 aliphatic carbocycles. The van der Waals surface area contributed by atoms with E-state index < -0.39 is 0 Å². The van der Waals surface area contributed by atoms with Gasteiger partial charge in [-0.25, -0.2) is 0 Å². The molecule has 0 spiro atoms. The maximum atomic E-state index is 10.9. The van der Waals surface area contributed by atoms with Crippen LogP contribution in [0.25, 0.3) is 0 Å². The molecule has 0 N–H and O–H groups in total. The molecule has 0 unspecified atom stereocenters.